The summed E-state index contributed by atoms with van der Waals surface area (Å²) < 4.78 is 1.83. The third-order valence-corrected chi connectivity index (χ3v) is 2.21. The molecule has 0 radical (unpaired) electrons. The van der Waals surface area contributed by atoms with Crippen molar-refractivity contribution < 1.29 is 4.79 Å². The van der Waals surface area contributed by atoms with Crippen molar-refractivity contribution in [2.75, 3.05) is 0 Å². The number of nitrogens with zero attached hydrogens (tertiary/aromatic N) is 1. The molecule has 2 heteroatoms. The first kappa shape index (κ1) is 8.75. The maximum atomic E-state index is 11.9. The lowest BCUT2D eigenvalue weighted by molar-refractivity contribution is 0.103. The maximum Gasteiger partial charge on any atom is 0.209 e. The summed E-state index contributed by atoms with van der Waals surface area (Å²) in [7, 11) is 1.87. The number of aromatic nitrogens is 1. The Balaban J connectivity index is 2.39. The molecule has 0 atom stereocenters. The lowest BCUT2D eigenvalue weighted by Crippen LogP contribution is -2.06. The molecule has 1 aromatic heterocycles. The zero-order valence-corrected chi connectivity index (χ0v) is 7.97. The molecule has 14 heavy (non-hydrogen) atoms. The molecule has 0 saturated heterocycles. The van der Waals surface area contributed by atoms with E-state index in [0.29, 0.717) is 0 Å². The predicted molar refractivity (Wildman–Crippen MR) is 55.3 cm³/mol. The molecule has 0 N–H and O–H groups in total. The van der Waals surface area contributed by atoms with Crippen LogP contribution in [0.3, 0.4) is 0 Å². The van der Waals surface area contributed by atoms with Gasteiger partial charge in [0.15, 0.2) is 0 Å². The molecule has 0 fully saturated rings. The van der Waals surface area contributed by atoms with Gasteiger partial charge in [-0.2, -0.15) is 0 Å². The first-order valence-electron chi connectivity index (χ1n) is 4.50. The number of carbonyl (C=O) groups is 1. The molecular weight excluding hydrogens is 174 g/mol. The highest BCUT2D eigenvalue weighted by molar-refractivity contribution is 6.07. The van der Waals surface area contributed by atoms with Crippen LogP contribution in [0.4, 0.5) is 0 Å². The van der Waals surface area contributed by atoms with E-state index in [1.807, 2.05) is 60.3 Å². The van der Waals surface area contributed by atoms with E-state index in [0.717, 1.165) is 11.3 Å². The average Bonchev–Trinajstić information content (AvgIpc) is 2.65. The van der Waals surface area contributed by atoms with Crippen LogP contribution in [0.2, 0.25) is 0 Å². The van der Waals surface area contributed by atoms with Crippen molar-refractivity contribution >= 4 is 5.78 Å². The van der Waals surface area contributed by atoms with E-state index < -0.39 is 0 Å². The summed E-state index contributed by atoms with van der Waals surface area (Å²) in [6.45, 7) is 0. The number of aryl methyl sites for hydroxylation is 1. The summed E-state index contributed by atoms with van der Waals surface area (Å²) in [4.78, 5) is 11.9. The summed E-state index contributed by atoms with van der Waals surface area (Å²) in [5.41, 5.74) is 1.45. The highest BCUT2D eigenvalue weighted by atomic mass is 16.1. The number of benzene rings is 1. The summed E-state index contributed by atoms with van der Waals surface area (Å²) in [5, 5.41) is 0. The summed E-state index contributed by atoms with van der Waals surface area (Å²) in [6.07, 6.45) is 1.87. The highest BCUT2D eigenvalue weighted by Crippen LogP contribution is 2.08. The molecule has 0 spiro atoms. The van der Waals surface area contributed by atoms with Crippen molar-refractivity contribution in [3.63, 3.8) is 0 Å². The zero-order chi connectivity index (χ0) is 9.97. The maximum absolute atomic E-state index is 11.9. The molecule has 0 aliphatic rings. The van der Waals surface area contributed by atoms with Gasteiger partial charge in [-0.25, -0.2) is 0 Å². The molecule has 0 bridgehead atoms. The van der Waals surface area contributed by atoms with Crippen molar-refractivity contribution in [3.05, 3.63) is 59.9 Å². The molecule has 0 aliphatic carbocycles. The Morgan fingerprint density at radius 2 is 1.79 bits per heavy atom. The second kappa shape index (κ2) is 3.50. The van der Waals surface area contributed by atoms with Crippen LogP contribution in [-0.4, -0.2) is 10.4 Å². The monoisotopic (exact) mass is 185 g/mol. The third-order valence-electron chi connectivity index (χ3n) is 2.21. The molecule has 2 aromatic rings. The minimum Gasteiger partial charge on any atom is -0.348 e. The molecule has 1 aromatic carbocycles. The van der Waals surface area contributed by atoms with Crippen LogP contribution in [0.25, 0.3) is 0 Å². The van der Waals surface area contributed by atoms with E-state index >= 15 is 0 Å². The molecule has 0 saturated carbocycles. The van der Waals surface area contributed by atoms with E-state index in [1.165, 1.54) is 0 Å². The van der Waals surface area contributed by atoms with Crippen LogP contribution in [0.5, 0.6) is 0 Å². The van der Waals surface area contributed by atoms with Crippen LogP contribution in [-0.2, 0) is 7.05 Å². The largest absolute Gasteiger partial charge is 0.348 e. The van der Waals surface area contributed by atoms with Gasteiger partial charge in [0.1, 0.15) is 0 Å². The summed E-state index contributed by atoms with van der Waals surface area (Å²) in [5.74, 6) is 0.0677. The third kappa shape index (κ3) is 1.46. The minimum absolute atomic E-state index is 0.0677. The lowest BCUT2D eigenvalue weighted by atomic mass is 10.1. The van der Waals surface area contributed by atoms with E-state index in [2.05, 4.69) is 0 Å². The topological polar surface area (TPSA) is 22.0 Å². The van der Waals surface area contributed by atoms with E-state index in [1.54, 1.807) is 0 Å². The van der Waals surface area contributed by atoms with Gasteiger partial charge in [0.05, 0.1) is 5.69 Å². The second-order valence-corrected chi connectivity index (χ2v) is 3.20. The van der Waals surface area contributed by atoms with Crippen LogP contribution < -0.4 is 0 Å². The van der Waals surface area contributed by atoms with Gasteiger partial charge in [0.25, 0.3) is 0 Å². The van der Waals surface area contributed by atoms with Crippen molar-refractivity contribution in [3.8, 4) is 0 Å². The van der Waals surface area contributed by atoms with Crippen molar-refractivity contribution in [2.45, 2.75) is 0 Å². The lowest BCUT2D eigenvalue weighted by Gasteiger charge is -2.01. The molecular formula is C12H11NO. The highest BCUT2D eigenvalue weighted by Gasteiger charge is 2.10. The molecule has 2 rings (SSSR count). The van der Waals surface area contributed by atoms with Gasteiger partial charge in [-0.3, -0.25) is 4.79 Å². The van der Waals surface area contributed by atoms with E-state index in [-0.39, 0.29) is 5.78 Å². The van der Waals surface area contributed by atoms with Crippen LogP contribution in [0.1, 0.15) is 16.1 Å². The van der Waals surface area contributed by atoms with Crippen LogP contribution in [0.15, 0.2) is 48.7 Å². The second-order valence-electron chi connectivity index (χ2n) is 3.20. The molecule has 0 aliphatic heterocycles. The fraction of sp³-hybridized carbons (Fsp3) is 0.0833. The first-order chi connectivity index (χ1) is 6.79. The Hall–Kier alpha value is -1.83. The number of ketones is 1. The van der Waals surface area contributed by atoms with Gasteiger partial charge < -0.3 is 4.57 Å². The normalized spacial score (nSPS) is 10.1. The first-order valence-corrected chi connectivity index (χ1v) is 4.50. The fourth-order valence-corrected chi connectivity index (χ4v) is 1.43. The molecule has 2 nitrogen and oxygen atoms in total. The SMILES string of the molecule is Cn1cccc1C(=O)c1ccccc1. The Labute approximate surface area is 82.8 Å². The van der Waals surface area contributed by atoms with Gasteiger partial charge in [-0.15, -0.1) is 0 Å². The van der Waals surface area contributed by atoms with Gasteiger partial charge in [-0.05, 0) is 12.1 Å². The van der Waals surface area contributed by atoms with Gasteiger partial charge in [0.2, 0.25) is 5.78 Å². The Bertz CT molecular complexity index is 442. The van der Waals surface area contributed by atoms with Crippen LogP contribution in [0, 0.1) is 0 Å². The molecule has 70 valence electrons. The number of hydrogen-bond acceptors (Lipinski definition) is 1. The number of hydrogen-bond donors (Lipinski definition) is 0. The number of carbonyl (C=O) groups excluding carboxylic acids is 1. The van der Waals surface area contributed by atoms with Gasteiger partial charge in [0, 0.05) is 18.8 Å². The van der Waals surface area contributed by atoms with Gasteiger partial charge >= 0.3 is 0 Å². The Morgan fingerprint density at radius 3 is 2.36 bits per heavy atom. The predicted octanol–water partition coefficient (Wildman–Crippen LogP) is 2.26. The summed E-state index contributed by atoms with van der Waals surface area (Å²) >= 11 is 0. The van der Waals surface area contributed by atoms with E-state index in [9.17, 15) is 4.79 Å². The standard InChI is InChI=1S/C12H11NO/c1-13-9-5-8-11(13)12(14)10-6-3-2-4-7-10/h2-9H,1H3. The quantitative estimate of drug-likeness (QED) is 0.658. The molecule has 1 heterocycles. The van der Waals surface area contributed by atoms with Crippen molar-refractivity contribution in [2.24, 2.45) is 7.05 Å². The van der Waals surface area contributed by atoms with Gasteiger partial charge in [-0.1, -0.05) is 30.3 Å². The smallest absolute Gasteiger partial charge is 0.209 e. The minimum atomic E-state index is 0.0677. The number of rotatable bonds is 2. The van der Waals surface area contributed by atoms with Crippen molar-refractivity contribution in [1.29, 1.82) is 0 Å². The zero-order valence-electron chi connectivity index (χ0n) is 7.97. The fourth-order valence-electron chi connectivity index (χ4n) is 1.43. The Kier molecular flexibility index (Phi) is 2.19. The van der Waals surface area contributed by atoms with E-state index in [4.69, 9.17) is 0 Å². The Morgan fingerprint density at radius 1 is 1.07 bits per heavy atom. The van der Waals surface area contributed by atoms with Crippen molar-refractivity contribution in [1.82, 2.24) is 4.57 Å². The molecule has 0 amide bonds. The molecule has 0 unspecified atom stereocenters. The average molecular weight is 185 g/mol. The van der Waals surface area contributed by atoms with Crippen LogP contribution >= 0.6 is 0 Å². The summed E-state index contributed by atoms with van der Waals surface area (Å²) in [6, 6.07) is 13.0.